The molecule has 0 unspecified atom stereocenters. The summed E-state index contributed by atoms with van der Waals surface area (Å²) in [6.07, 6.45) is 0.0619. The summed E-state index contributed by atoms with van der Waals surface area (Å²) >= 11 is 0. The molecule has 0 bridgehead atoms. The Balaban J connectivity index is 1.66. The van der Waals surface area contributed by atoms with Crippen molar-refractivity contribution in [1.82, 2.24) is 19.8 Å². The molecule has 2 aliphatic heterocycles. The summed E-state index contributed by atoms with van der Waals surface area (Å²) in [7, 11) is 1.64. The molecule has 10 heteroatoms. The van der Waals surface area contributed by atoms with Crippen molar-refractivity contribution < 1.29 is 19.1 Å². The fourth-order valence-corrected chi connectivity index (χ4v) is 4.75. The third-order valence-electron chi connectivity index (χ3n) is 6.81. The van der Waals surface area contributed by atoms with Gasteiger partial charge in [-0.15, -0.1) is 0 Å². The van der Waals surface area contributed by atoms with Crippen molar-refractivity contribution in [3.63, 3.8) is 0 Å². The van der Waals surface area contributed by atoms with Crippen LogP contribution in [0.15, 0.2) is 18.2 Å². The van der Waals surface area contributed by atoms with E-state index in [1.165, 1.54) is 0 Å². The van der Waals surface area contributed by atoms with Crippen LogP contribution in [0.2, 0.25) is 0 Å². The van der Waals surface area contributed by atoms with Crippen LogP contribution in [-0.2, 0) is 11.3 Å². The highest BCUT2D eigenvalue weighted by Crippen LogP contribution is 2.35. The van der Waals surface area contributed by atoms with Crippen molar-refractivity contribution in [2.24, 2.45) is 0 Å². The number of ether oxygens (including phenoxy) is 2. The second-order valence-electron chi connectivity index (χ2n) is 10.2. The highest BCUT2D eigenvalue weighted by molar-refractivity contribution is 5.98. The van der Waals surface area contributed by atoms with Gasteiger partial charge in [-0.3, -0.25) is 9.59 Å². The summed E-state index contributed by atoms with van der Waals surface area (Å²) in [5.74, 6) is 2.58. The van der Waals surface area contributed by atoms with Crippen molar-refractivity contribution in [2.45, 2.75) is 66.3 Å². The van der Waals surface area contributed by atoms with Crippen molar-refractivity contribution in [3.8, 4) is 11.5 Å². The van der Waals surface area contributed by atoms with Crippen molar-refractivity contribution in [2.75, 3.05) is 43.5 Å². The first kappa shape index (κ1) is 26.5. The van der Waals surface area contributed by atoms with Crippen LogP contribution in [0.4, 0.5) is 11.8 Å². The first-order valence-electron chi connectivity index (χ1n) is 12.9. The van der Waals surface area contributed by atoms with Crippen LogP contribution in [-0.4, -0.2) is 77.0 Å². The Hall–Kier alpha value is -3.56. The molecule has 1 N–H and O–H groups in total. The van der Waals surface area contributed by atoms with Gasteiger partial charge < -0.3 is 29.5 Å². The molecule has 10 nitrogen and oxygen atoms in total. The lowest BCUT2D eigenvalue weighted by Gasteiger charge is -2.34. The number of hydrogen-bond acceptors (Lipinski definition) is 8. The number of fused-ring (bicyclic) bond motifs is 1. The van der Waals surface area contributed by atoms with E-state index < -0.39 is 0 Å². The molecule has 1 aromatic heterocycles. The van der Waals surface area contributed by atoms with Crippen LogP contribution in [0.25, 0.3) is 0 Å². The van der Waals surface area contributed by atoms with Crippen LogP contribution in [0.5, 0.6) is 11.5 Å². The molecule has 37 heavy (non-hydrogen) atoms. The van der Waals surface area contributed by atoms with Gasteiger partial charge in [0.25, 0.3) is 5.91 Å². The third-order valence-corrected chi connectivity index (χ3v) is 6.81. The summed E-state index contributed by atoms with van der Waals surface area (Å²) in [5.41, 5.74) is 2.19. The first-order valence-corrected chi connectivity index (χ1v) is 12.9. The lowest BCUT2D eigenvalue weighted by Crippen LogP contribution is -2.48. The predicted octanol–water partition coefficient (Wildman–Crippen LogP) is 3.48. The Morgan fingerprint density at radius 3 is 2.35 bits per heavy atom. The molecule has 0 saturated carbocycles. The lowest BCUT2D eigenvalue weighted by molar-refractivity contribution is -0.129. The number of carbonyl (C=O) groups excluding carboxylic acids is 2. The average molecular weight is 511 g/mol. The fourth-order valence-electron chi connectivity index (χ4n) is 4.75. The molecule has 2 amide bonds. The van der Waals surface area contributed by atoms with E-state index in [1.54, 1.807) is 14.0 Å². The molecular formula is C27H38N6O4. The van der Waals surface area contributed by atoms with Gasteiger partial charge in [0, 0.05) is 56.3 Å². The highest BCUT2D eigenvalue weighted by atomic mass is 16.5. The maximum Gasteiger partial charge on any atom is 0.273 e. The largest absolute Gasteiger partial charge is 0.496 e. The standard InChI is InChI=1S/C27H38N6O4/c1-16(2)33-15-22-24(26(33)35)29-27(32-12-10-31(11-13-32)19(6)34)30-25(22)28-18(5)21-9-8-20(37-17(3)4)14-23(21)36-7/h8-9,14,16-18H,10-13,15H2,1-7H3,(H,28,29,30)/t18-/m1/s1. The zero-order valence-electron chi connectivity index (χ0n) is 22.9. The second kappa shape index (κ2) is 10.8. The van der Waals surface area contributed by atoms with E-state index in [0.717, 1.165) is 16.9 Å². The van der Waals surface area contributed by atoms with Gasteiger partial charge in [0.15, 0.2) is 0 Å². The Labute approximate surface area is 218 Å². The monoisotopic (exact) mass is 510 g/mol. The molecule has 3 heterocycles. The Morgan fingerprint density at radius 1 is 1.05 bits per heavy atom. The summed E-state index contributed by atoms with van der Waals surface area (Å²) < 4.78 is 11.5. The molecule has 0 aliphatic carbocycles. The average Bonchev–Trinajstić information content (AvgIpc) is 3.20. The lowest BCUT2D eigenvalue weighted by atomic mass is 10.1. The van der Waals surface area contributed by atoms with Gasteiger partial charge in [-0.25, -0.2) is 4.98 Å². The van der Waals surface area contributed by atoms with Crippen molar-refractivity contribution >= 4 is 23.6 Å². The summed E-state index contributed by atoms with van der Waals surface area (Å²) in [6, 6.07) is 5.70. The van der Waals surface area contributed by atoms with E-state index in [-0.39, 0.29) is 30.0 Å². The van der Waals surface area contributed by atoms with Crippen molar-refractivity contribution in [1.29, 1.82) is 0 Å². The number of piperazine rings is 1. The van der Waals surface area contributed by atoms with Crippen molar-refractivity contribution in [3.05, 3.63) is 35.0 Å². The van der Waals surface area contributed by atoms with Crippen LogP contribution in [0, 0.1) is 0 Å². The number of benzene rings is 1. The molecule has 1 fully saturated rings. The number of rotatable bonds is 8. The molecule has 2 aromatic rings. The van der Waals surface area contributed by atoms with Gasteiger partial charge in [0.05, 0.1) is 25.8 Å². The molecule has 0 spiro atoms. The molecule has 2 aliphatic rings. The molecule has 1 saturated heterocycles. The normalized spacial score (nSPS) is 16.4. The number of hydrogen-bond donors (Lipinski definition) is 1. The maximum atomic E-state index is 13.3. The quantitative estimate of drug-likeness (QED) is 0.576. The Kier molecular flexibility index (Phi) is 7.75. The fraction of sp³-hybridized carbons (Fsp3) is 0.556. The van der Waals surface area contributed by atoms with Gasteiger partial charge in [0.1, 0.15) is 23.0 Å². The topological polar surface area (TPSA) is 100 Å². The molecule has 4 rings (SSSR count). The Bertz CT molecular complexity index is 1160. The van der Waals surface area contributed by atoms with Gasteiger partial charge in [-0.1, -0.05) is 0 Å². The number of methoxy groups -OCH3 is 1. The maximum absolute atomic E-state index is 13.3. The van der Waals surface area contributed by atoms with Gasteiger partial charge in [-0.05, 0) is 46.8 Å². The summed E-state index contributed by atoms with van der Waals surface area (Å²) in [6.45, 7) is 14.5. The zero-order valence-corrected chi connectivity index (χ0v) is 22.9. The minimum Gasteiger partial charge on any atom is -0.496 e. The number of nitrogens with zero attached hydrogens (tertiary/aromatic N) is 5. The number of anilines is 2. The number of nitrogens with one attached hydrogen (secondary N) is 1. The van der Waals surface area contributed by atoms with E-state index >= 15 is 0 Å². The molecule has 1 atom stereocenters. The van der Waals surface area contributed by atoms with E-state index in [2.05, 4.69) is 5.32 Å². The van der Waals surface area contributed by atoms with Crippen LogP contribution >= 0.6 is 0 Å². The summed E-state index contributed by atoms with van der Waals surface area (Å²) in [4.78, 5) is 40.3. The first-order chi connectivity index (χ1) is 17.6. The minimum atomic E-state index is -0.160. The molecule has 200 valence electrons. The van der Waals surface area contributed by atoms with Crippen LogP contribution in [0.3, 0.4) is 0 Å². The van der Waals surface area contributed by atoms with Gasteiger partial charge in [0.2, 0.25) is 11.9 Å². The number of amides is 2. The highest BCUT2D eigenvalue weighted by Gasteiger charge is 2.35. The summed E-state index contributed by atoms with van der Waals surface area (Å²) in [5, 5.41) is 3.54. The van der Waals surface area contributed by atoms with Gasteiger partial charge >= 0.3 is 0 Å². The van der Waals surface area contributed by atoms with Crippen LogP contribution in [0.1, 0.15) is 69.2 Å². The molecular weight excluding hydrogens is 472 g/mol. The second-order valence-corrected chi connectivity index (χ2v) is 10.2. The van der Waals surface area contributed by atoms with E-state index in [9.17, 15) is 9.59 Å². The molecule has 0 radical (unpaired) electrons. The van der Waals surface area contributed by atoms with E-state index in [4.69, 9.17) is 19.4 Å². The smallest absolute Gasteiger partial charge is 0.273 e. The van der Waals surface area contributed by atoms with Crippen LogP contribution < -0.4 is 19.7 Å². The molecule has 1 aromatic carbocycles. The Morgan fingerprint density at radius 2 is 1.76 bits per heavy atom. The van der Waals surface area contributed by atoms with Gasteiger partial charge in [-0.2, -0.15) is 4.98 Å². The van der Waals surface area contributed by atoms with E-state index in [0.29, 0.717) is 55.9 Å². The third kappa shape index (κ3) is 5.57. The zero-order chi connectivity index (χ0) is 26.9. The SMILES string of the molecule is COc1cc(OC(C)C)ccc1[C@@H](C)Nc1nc(N2CCN(C(C)=O)CC2)nc2c1CN(C(C)C)C2=O. The minimum absolute atomic E-state index is 0.0446. The van der Waals surface area contributed by atoms with E-state index in [1.807, 2.05) is 67.5 Å². The number of aromatic nitrogens is 2. The predicted molar refractivity (Wildman–Crippen MR) is 142 cm³/mol. The number of carbonyl (C=O) groups is 2.